The summed E-state index contributed by atoms with van der Waals surface area (Å²) in [4.78, 5) is 2.14. The van der Waals surface area contributed by atoms with Crippen LogP contribution in [0.4, 0.5) is 0 Å². The lowest BCUT2D eigenvalue weighted by molar-refractivity contribution is -0.0256. The molecule has 3 N–H and O–H groups in total. The van der Waals surface area contributed by atoms with Crippen molar-refractivity contribution in [2.75, 3.05) is 19.7 Å². The molecule has 4 nitrogen and oxygen atoms in total. The molecule has 2 saturated heterocycles. The Hall–Kier alpha value is -0.160. The van der Waals surface area contributed by atoms with Crippen molar-refractivity contribution in [2.45, 2.75) is 44.4 Å². The molecular weight excluding hydrogens is 206 g/mol. The number of hydrogen-bond donors (Lipinski definition) is 3. The molecule has 2 aliphatic heterocycles. The smallest absolute Gasteiger partial charge is 0.0970 e. The molecule has 0 amide bonds. The minimum Gasteiger partial charge on any atom is -0.396 e. The zero-order valence-corrected chi connectivity index (χ0v) is 9.92. The highest BCUT2D eigenvalue weighted by molar-refractivity contribution is 5.01. The van der Waals surface area contributed by atoms with E-state index in [1.807, 2.05) is 0 Å². The summed E-state index contributed by atoms with van der Waals surface area (Å²) in [5.41, 5.74) is 0. The van der Waals surface area contributed by atoms with Crippen LogP contribution in [0.1, 0.15) is 26.2 Å². The van der Waals surface area contributed by atoms with Crippen molar-refractivity contribution < 1.29 is 15.3 Å². The lowest BCUT2D eigenvalue weighted by Crippen LogP contribution is -2.51. The third-order valence-corrected chi connectivity index (χ3v) is 4.29. The Labute approximate surface area is 96.9 Å². The molecule has 0 aromatic carbocycles. The molecule has 5 atom stereocenters. The van der Waals surface area contributed by atoms with Crippen molar-refractivity contribution in [3.63, 3.8) is 0 Å². The highest BCUT2D eigenvalue weighted by atomic mass is 16.3. The van der Waals surface area contributed by atoms with Gasteiger partial charge in [-0.3, -0.25) is 4.90 Å². The third kappa shape index (κ3) is 1.99. The zero-order chi connectivity index (χ0) is 11.7. The van der Waals surface area contributed by atoms with Gasteiger partial charge in [0.1, 0.15) is 0 Å². The first-order chi connectivity index (χ1) is 7.69. The van der Waals surface area contributed by atoms with Crippen molar-refractivity contribution in [3.05, 3.63) is 0 Å². The number of hydrogen-bond acceptors (Lipinski definition) is 4. The van der Waals surface area contributed by atoms with Crippen LogP contribution in [0.2, 0.25) is 0 Å². The number of aliphatic hydroxyl groups excluding tert-OH is 3. The molecular formula is C12H23NO3. The topological polar surface area (TPSA) is 63.9 Å². The zero-order valence-electron chi connectivity index (χ0n) is 9.92. The van der Waals surface area contributed by atoms with E-state index in [-0.39, 0.29) is 18.6 Å². The molecule has 94 valence electrons. The van der Waals surface area contributed by atoms with E-state index in [0.29, 0.717) is 12.5 Å². The highest BCUT2D eigenvalue weighted by Gasteiger charge is 2.48. The molecule has 0 saturated carbocycles. The molecule has 0 bridgehead atoms. The summed E-state index contributed by atoms with van der Waals surface area (Å²) in [6, 6.07) is -0.0368. The van der Waals surface area contributed by atoms with E-state index in [0.717, 1.165) is 25.8 Å². The summed E-state index contributed by atoms with van der Waals surface area (Å²) in [6.07, 6.45) is 1.98. The largest absolute Gasteiger partial charge is 0.396 e. The number of aliphatic hydroxyl groups is 3. The Bertz CT molecular complexity index is 236. The maximum atomic E-state index is 9.98. The van der Waals surface area contributed by atoms with Gasteiger partial charge in [-0.2, -0.15) is 0 Å². The van der Waals surface area contributed by atoms with Gasteiger partial charge in [0.15, 0.2) is 0 Å². The van der Waals surface area contributed by atoms with Gasteiger partial charge in [-0.15, -0.1) is 0 Å². The minimum atomic E-state index is -0.684. The van der Waals surface area contributed by atoms with Gasteiger partial charge >= 0.3 is 0 Å². The summed E-state index contributed by atoms with van der Waals surface area (Å²) in [5, 5.41) is 29.2. The van der Waals surface area contributed by atoms with Crippen LogP contribution in [-0.4, -0.2) is 58.2 Å². The lowest BCUT2D eigenvalue weighted by Gasteiger charge is -2.42. The van der Waals surface area contributed by atoms with E-state index < -0.39 is 12.2 Å². The molecule has 0 aromatic heterocycles. The molecule has 0 spiro atoms. The standard InChI is InChI=1S/C12H23NO3/c1-2-3-8-4-5-13-6-10(15)12(16)11(13)9(8)7-14/h8-12,14-16H,2-7H2,1H3/t8-,9+,10-,11-,12-/m1/s1. The molecule has 0 aliphatic carbocycles. The average molecular weight is 229 g/mol. The first-order valence-electron chi connectivity index (χ1n) is 6.40. The fraction of sp³-hybridized carbons (Fsp3) is 1.00. The molecule has 2 fully saturated rings. The van der Waals surface area contributed by atoms with Crippen molar-refractivity contribution in [1.29, 1.82) is 0 Å². The monoisotopic (exact) mass is 229 g/mol. The van der Waals surface area contributed by atoms with Crippen LogP contribution < -0.4 is 0 Å². The van der Waals surface area contributed by atoms with Crippen molar-refractivity contribution in [3.8, 4) is 0 Å². The number of fused-ring (bicyclic) bond motifs is 1. The van der Waals surface area contributed by atoms with Gasteiger partial charge in [-0.05, 0) is 18.9 Å². The number of rotatable bonds is 3. The fourth-order valence-electron chi connectivity index (χ4n) is 3.49. The van der Waals surface area contributed by atoms with E-state index in [1.54, 1.807) is 0 Å². The predicted molar refractivity (Wildman–Crippen MR) is 61.0 cm³/mol. The van der Waals surface area contributed by atoms with Crippen LogP contribution in [0.15, 0.2) is 0 Å². The highest BCUT2D eigenvalue weighted by Crippen LogP contribution is 2.37. The third-order valence-electron chi connectivity index (χ3n) is 4.29. The summed E-state index contributed by atoms with van der Waals surface area (Å²) in [7, 11) is 0. The van der Waals surface area contributed by atoms with E-state index in [4.69, 9.17) is 0 Å². The van der Waals surface area contributed by atoms with E-state index in [9.17, 15) is 15.3 Å². The molecule has 2 aliphatic rings. The Kier molecular flexibility index (Phi) is 3.85. The molecule has 16 heavy (non-hydrogen) atoms. The maximum Gasteiger partial charge on any atom is 0.0970 e. The Balaban J connectivity index is 2.11. The second-order valence-corrected chi connectivity index (χ2v) is 5.23. The van der Waals surface area contributed by atoms with Gasteiger partial charge in [0.25, 0.3) is 0 Å². The van der Waals surface area contributed by atoms with Gasteiger partial charge in [-0.25, -0.2) is 0 Å². The summed E-state index contributed by atoms with van der Waals surface area (Å²) in [5.74, 6) is 0.622. The van der Waals surface area contributed by atoms with E-state index in [2.05, 4.69) is 11.8 Å². The molecule has 0 unspecified atom stereocenters. The summed E-state index contributed by atoms with van der Waals surface area (Å²) in [6.45, 7) is 3.78. The van der Waals surface area contributed by atoms with Crippen molar-refractivity contribution in [1.82, 2.24) is 4.90 Å². The van der Waals surface area contributed by atoms with Crippen LogP contribution in [0.5, 0.6) is 0 Å². The van der Waals surface area contributed by atoms with Gasteiger partial charge in [-0.1, -0.05) is 19.8 Å². The molecule has 0 radical (unpaired) electrons. The Morgan fingerprint density at radius 1 is 1.31 bits per heavy atom. The first kappa shape index (κ1) is 12.3. The molecule has 4 heteroatoms. The second kappa shape index (κ2) is 5.00. The van der Waals surface area contributed by atoms with Gasteiger partial charge in [0.05, 0.1) is 12.2 Å². The Morgan fingerprint density at radius 3 is 2.69 bits per heavy atom. The summed E-state index contributed by atoms with van der Waals surface area (Å²) < 4.78 is 0. The van der Waals surface area contributed by atoms with Crippen LogP contribution in [0.3, 0.4) is 0 Å². The number of nitrogens with zero attached hydrogens (tertiary/aromatic N) is 1. The van der Waals surface area contributed by atoms with Crippen molar-refractivity contribution in [2.24, 2.45) is 11.8 Å². The van der Waals surface area contributed by atoms with Gasteiger partial charge in [0, 0.05) is 25.1 Å². The average Bonchev–Trinajstić information content (AvgIpc) is 2.56. The Morgan fingerprint density at radius 2 is 2.06 bits per heavy atom. The lowest BCUT2D eigenvalue weighted by atomic mass is 9.77. The second-order valence-electron chi connectivity index (χ2n) is 5.23. The normalized spacial score (nSPS) is 44.6. The van der Waals surface area contributed by atoms with Crippen LogP contribution in [0.25, 0.3) is 0 Å². The van der Waals surface area contributed by atoms with Crippen molar-refractivity contribution >= 4 is 0 Å². The van der Waals surface area contributed by atoms with Crippen LogP contribution >= 0.6 is 0 Å². The maximum absolute atomic E-state index is 9.98. The minimum absolute atomic E-state index is 0.0368. The molecule has 0 aromatic rings. The SMILES string of the molecule is CCC[C@@H]1CCN2C[C@@H](O)[C@@H](O)[C@H]2[C@H]1CO. The van der Waals surface area contributed by atoms with E-state index in [1.165, 1.54) is 0 Å². The van der Waals surface area contributed by atoms with Gasteiger partial charge in [0.2, 0.25) is 0 Å². The van der Waals surface area contributed by atoms with Crippen LogP contribution in [0, 0.1) is 11.8 Å². The number of piperidine rings is 1. The fourth-order valence-corrected chi connectivity index (χ4v) is 3.49. The summed E-state index contributed by atoms with van der Waals surface area (Å²) >= 11 is 0. The molecule has 2 rings (SSSR count). The quantitative estimate of drug-likeness (QED) is 0.628. The van der Waals surface area contributed by atoms with Crippen LogP contribution in [-0.2, 0) is 0 Å². The molecule has 2 heterocycles. The predicted octanol–water partition coefficient (Wildman–Crippen LogP) is -0.179. The van der Waals surface area contributed by atoms with Gasteiger partial charge < -0.3 is 15.3 Å². The van der Waals surface area contributed by atoms with E-state index >= 15 is 0 Å². The first-order valence-corrected chi connectivity index (χ1v) is 6.40.